The number of hydrogen-bond acceptors (Lipinski definition) is 2. The molecule has 55 heavy (non-hydrogen) atoms. The normalized spacial score (nSPS) is 15.7. The third kappa shape index (κ3) is 4.46. The van der Waals surface area contributed by atoms with Crippen LogP contribution in [0.5, 0.6) is 11.5 Å². The summed E-state index contributed by atoms with van der Waals surface area (Å²) in [6.07, 6.45) is 0. The number of benzene rings is 6. The highest BCUT2D eigenvalue weighted by atomic mass is 19.2. The Kier molecular flexibility index (Phi) is 8.13. The largest absolute Gasteiger partial charge is 0.648 e. The van der Waals surface area contributed by atoms with E-state index >= 15 is 43.9 Å². The molecule has 0 aliphatic heterocycles. The summed E-state index contributed by atoms with van der Waals surface area (Å²) in [6, 6.07) is 0. The van der Waals surface area contributed by atoms with Gasteiger partial charge in [-0.3, -0.25) is 0 Å². The van der Waals surface area contributed by atoms with Crippen molar-refractivity contribution >= 4 is 45.3 Å². The minimum absolute atomic E-state index is 1.93. The third-order valence-electron chi connectivity index (χ3n) is 8.48. The van der Waals surface area contributed by atoms with Crippen molar-refractivity contribution in [1.82, 2.24) is 0 Å². The van der Waals surface area contributed by atoms with Gasteiger partial charge in [0.05, 0.1) is 27.1 Å². The maximum atomic E-state index is 17.0. The van der Waals surface area contributed by atoms with E-state index < -0.39 is 184 Å². The van der Waals surface area contributed by atoms with E-state index in [2.05, 4.69) is 9.31 Å². The van der Waals surface area contributed by atoms with Crippen LogP contribution < -0.4 is 9.31 Å². The standard InChI is InChI=1S/C31BF21O2/c33-9-3-1-2-5(10(9)34)14(38)25(49)28(6(2)15(39)11(35)4(1)13(37)19(43)12(3)36)54-32(55-29-26(50)23(47)22(46)24(48)27(29)51)31(53)8-7(17(41)30(31)52)16(40)20(44)21(45)18(8)42. The summed E-state index contributed by atoms with van der Waals surface area (Å²) in [4.78, 5) is 0. The van der Waals surface area contributed by atoms with Crippen LogP contribution >= 0.6 is 0 Å². The molecule has 0 spiro atoms. The molecular weight excluding hydrogens is 814 g/mol. The van der Waals surface area contributed by atoms with Crippen molar-refractivity contribution in [3.63, 3.8) is 0 Å². The molecule has 6 aromatic rings. The first kappa shape index (κ1) is 37.6. The fourth-order valence-corrected chi connectivity index (χ4v) is 6.07. The molecule has 2 nitrogen and oxygen atoms in total. The predicted molar refractivity (Wildman–Crippen MR) is 141 cm³/mol. The topological polar surface area (TPSA) is 18.5 Å². The van der Waals surface area contributed by atoms with Gasteiger partial charge in [-0.1, -0.05) is 0 Å². The summed E-state index contributed by atoms with van der Waals surface area (Å²) in [5.41, 5.74) is -11.1. The van der Waals surface area contributed by atoms with Gasteiger partial charge in [0.2, 0.25) is 29.1 Å². The van der Waals surface area contributed by atoms with Crippen molar-refractivity contribution in [2.75, 3.05) is 0 Å². The average molecular weight is 814 g/mol. The molecule has 1 aliphatic rings. The molecule has 0 aromatic heterocycles. The van der Waals surface area contributed by atoms with Gasteiger partial charge in [-0.15, -0.1) is 0 Å². The Bertz CT molecular complexity index is 2750. The Labute approximate surface area is 286 Å². The zero-order chi connectivity index (χ0) is 40.8. The smallest absolute Gasteiger partial charge is 0.521 e. The van der Waals surface area contributed by atoms with Gasteiger partial charge in [-0.05, 0) is 0 Å². The Morgan fingerprint density at radius 1 is 0.309 bits per heavy atom. The van der Waals surface area contributed by atoms with Crippen LogP contribution in [0, 0.1) is 105 Å². The number of fused-ring (bicyclic) bond motifs is 1. The molecule has 0 bridgehead atoms. The molecule has 286 valence electrons. The summed E-state index contributed by atoms with van der Waals surface area (Å²) < 4.78 is 322. The van der Waals surface area contributed by atoms with E-state index in [4.69, 9.17) is 0 Å². The second-order valence-electron chi connectivity index (χ2n) is 11.2. The quantitative estimate of drug-likeness (QED) is 0.0568. The van der Waals surface area contributed by atoms with Crippen LogP contribution in [0.25, 0.3) is 38.1 Å². The number of alkyl halides is 1. The Morgan fingerprint density at radius 2 is 0.618 bits per heavy atom. The molecule has 0 saturated carbocycles. The fourth-order valence-electron chi connectivity index (χ4n) is 6.07. The highest BCUT2D eigenvalue weighted by Gasteiger charge is 2.66. The van der Waals surface area contributed by atoms with Crippen LogP contribution in [0.15, 0.2) is 5.83 Å². The lowest BCUT2D eigenvalue weighted by Gasteiger charge is -2.29. The van der Waals surface area contributed by atoms with Gasteiger partial charge in [0.1, 0.15) is 0 Å². The van der Waals surface area contributed by atoms with Gasteiger partial charge in [0, 0.05) is 16.3 Å². The maximum absolute atomic E-state index is 17.0. The molecule has 0 fully saturated rings. The zero-order valence-corrected chi connectivity index (χ0v) is 24.8. The van der Waals surface area contributed by atoms with Crippen LogP contribution in [0.1, 0.15) is 11.1 Å². The average Bonchev–Trinajstić information content (AvgIpc) is 3.35. The first-order valence-electron chi connectivity index (χ1n) is 13.9. The van der Waals surface area contributed by atoms with E-state index in [9.17, 15) is 48.3 Å². The highest BCUT2D eigenvalue weighted by molar-refractivity contribution is 6.52. The van der Waals surface area contributed by atoms with Crippen molar-refractivity contribution in [2.24, 2.45) is 0 Å². The molecule has 7 rings (SSSR count). The minimum atomic E-state index is -5.61. The van der Waals surface area contributed by atoms with Crippen LogP contribution in [0.2, 0.25) is 0 Å². The van der Waals surface area contributed by atoms with Crippen molar-refractivity contribution in [3.8, 4) is 11.5 Å². The summed E-state index contributed by atoms with van der Waals surface area (Å²) in [5.74, 6) is -66.1. The lowest BCUT2D eigenvalue weighted by Crippen LogP contribution is -2.50. The van der Waals surface area contributed by atoms with Crippen LogP contribution in [-0.2, 0) is 5.57 Å². The van der Waals surface area contributed by atoms with Gasteiger partial charge in [0.25, 0.3) is 5.57 Å². The zero-order valence-electron chi connectivity index (χ0n) is 24.8. The number of allylic oxidation sites excluding steroid dienone is 1. The van der Waals surface area contributed by atoms with E-state index in [1.807, 2.05) is 0 Å². The Morgan fingerprint density at radius 3 is 1.11 bits per heavy atom. The molecule has 6 aromatic carbocycles. The lowest BCUT2D eigenvalue weighted by molar-refractivity contribution is 0.202. The van der Waals surface area contributed by atoms with Gasteiger partial charge in [0.15, 0.2) is 98.8 Å². The number of halogens is 21. The molecule has 0 heterocycles. The second kappa shape index (κ2) is 11.9. The molecule has 1 aliphatic carbocycles. The van der Waals surface area contributed by atoms with E-state index in [0.717, 1.165) is 0 Å². The summed E-state index contributed by atoms with van der Waals surface area (Å²) in [6.45, 7) is 0. The molecular formula is C31BF21O2. The van der Waals surface area contributed by atoms with Gasteiger partial charge < -0.3 is 9.31 Å². The summed E-state index contributed by atoms with van der Waals surface area (Å²) in [5, 5.41) is -12.9. The summed E-state index contributed by atoms with van der Waals surface area (Å²) in [7, 11) is -4.63. The minimum Gasteiger partial charge on any atom is -0.521 e. The fraction of sp³-hybridized carbons (Fsp3) is 0.0323. The maximum Gasteiger partial charge on any atom is 0.648 e. The highest BCUT2D eigenvalue weighted by Crippen LogP contribution is 2.55. The Balaban J connectivity index is 1.65. The van der Waals surface area contributed by atoms with Crippen molar-refractivity contribution in [2.45, 2.75) is 5.57 Å². The first-order chi connectivity index (χ1) is 25.5. The number of hydrogen-bond donors (Lipinski definition) is 0. The van der Waals surface area contributed by atoms with Gasteiger partial charge >= 0.3 is 7.12 Å². The van der Waals surface area contributed by atoms with Crippen LogP contribution in [0.3, 0.4) is 0 Å². The molecule has 0 saturated heterocycles. The van der Waals surface area contributed by atoms with Crippen molar-refractivity contribution in [3.05, 3.63) is 122 Å². The third-order valence-corrected chi connectivity index (χ3v) is 8.48. The first-order valence-corrected chi connectivity index (χ1v) is 13.9. The van der Waals surface area contributed by atoms with Crippen molar-refractivity contribution in [1.29, 1.82) is 0 Å². The molecule has 0 N–H and O–H groups in total. The van der Waals surface area contributed by atoms with E-state index in [0.29, 0.717) is 0 Å². The van der Waals surface area contributed by atoms with Crippen LogP contribution in [-0.4, -0.2) is 7.12 Å². The van der Waals surface area contributed by atoms with Crippen LogP contribution in [0.4, 0.5) is 92.2 Å². The monoisotopic (exact) mass is 814 g/mol. The SMILES string of the molecule is FC1=C(F)C(F)(B(Oc2c(F)c(F)c(F)c(F)c2F)Oc2c(F)c(F)c3c(F)c(F)c4c(F)c(F)c(F)c5c(F)c(F)c2c3c45)c2c(F)c(F)c(F)c(F)c21. The van der Waals surface area contributed by atoms with E-state index in [1.54, 1.807) is 0 Å². The van der Waals surface area contributed by atoms with E-state index in [1.165, 1.54) is 0 Å². The van der Waals surface area contributed by atoms with Gasteiger partial charge in [-0.2, -0.15) is 13.2 Å². The Hall–Kier alpha value is -5.71. The molecule has 24 heteroatoms. The summed E-state index contributed by atoms with van der Waals surface area (Å²) >= 11 is 0. The molecule has 1 unspecified atom stereocenters. The molecule has 0 radical (unpaired) electrons. The second-order valence-corrected chi connectivity index (χ2v) is 11.2. The van der Waals surface area contributed by atoms with E-state index in [-0.39, 0.29) is 0 Å². The molecule has 1 atom stereocenters. The lowest BCUT2D eigenvalue weighted by atomic mass is 9.64. The predicted octanol–water partition coefficient (Wildman–Crippen LogP) is 11.1. The van der Waals surface area contributed by atoms with Gasteiger partial charge in [-0.25, -0.2) is 79.0 Å². The number of rotatable bonds is 5. The van der Waals surface area contributed by atoms with Crippen molar-refractivity contribution < 1.29 is 102 Å². The molecule has 0 amide bonds.